The zero-order chi connectivity index (χ0) is 14.0. The molecule has 6 heteroatoms. The van der Waals surface area contributed by atoms with Crippen molar-refractivity contribution in [1.82, 2.24) is 0 Å². The highest BCUT2D eigenvalue weighted by Crippen LogP contribution is 2.09. The fourth-order valence-electron chi connectivity index (χ4n) is 0.944. The van der Waals surface area contributed by atoms with Crippen molar-refractivity contribution in [3.05, 3.63) is 35.9 Å². The lowest BCUT2D eigenvalue weighted by molar-refractivity contribution is -0.159. The van der Waals surface area contributed by atoms with Crippen LogP contribution in [-0.4, -0.2) is 22.2 Å². The number of anilines is 1. The van der Waals surface area contributed by atoms with E-state index in [1.54, 1.807) is 0 Å². The fraction of sp³-hybridized carbons (Fsp3) is 0.167. The van der Waals surface area contributed by atoms with Crippen molar-refractivity contribution < 1.29 is 19.8 Å². The van der Waals surface area contributed by atoms with E-state index < -0.39 is 11.9 Å². The molecule has 0 unspecified atom stereocenters. The van der Waals surface area contributed by atoms with E-state index in [-0.39, 0.29) is 0 Å². The Kier molecular flexibility index (Phi) is 7.63. The molecule has 0 saturated carbocycles. The van der Waals surface area contributed by atoms with Gasteiger partial charge in [-0.3, -0.25) is 5.84 Å². The molecule has 0 aromatic heterocycles. The normalized spacial score (nSPS) is 9.44. The van der Waals surface area contributed by atoms with Crippen LogP contribution in [0.5, 0.6) is 0 Å². The third-order valence-electron chi connectivity index (χ3n) is 1.81. The summed E-state index contributed by atoms with van der Waals surface area (Å²) in [5, 5.41) is 14.8. The Bertz CT molecular complexity index is 401. The van der Waals surface area contributed by atoms with E-state index in [0.717, 1.165) is 12.1 Å². The van der Waals surface area contributed by atoms with Crippen molar-refractivity contribution in [2.24, 2.45) is 5.84 Å². The van der Waals surface area contributed by atoms with Crippen LogP contribution in [0.15, 0.2) is 30.3 Å². The summed E-state index contributed by atoms with van der Waals surface area (Å²) in [6, 6.07) is 7.97. The predicted octanol–water partition coefficient (Wildman–Crippen LogP) is 1.55. The Morgan fingerprint density at radius 3 is 2.06 bits per heavy atom. The van der Waals surface area contributed by atoms with Gasteiger partial charge in [-0.2, -0.15) is 0 Å². The van der Waals surface area contributed by atoms with Crippen molar-refractivity contribution in [3.8, 4) is 0 Å². The third-order valence-corrected chi connectivity index (χ3v) is 1.81. The highest BCUT2D eigenvalue weighted by molar-refractivity contribution is 6.27. The quantitative estimate of drug-likeness (QED) is 0.369. The summed E-state index contributed by atoms with van der Waals surface area (Å²) >= 11 is 0. The second kappa shape index (κ2) is 8.77. The summed E-state index contributed by atoms with van der Waals surface area (Å²) in [7, 11) is 0. The van der Waals surface area contributed by atoms with Gasteiger partial charge in [0.1, 0.15) is 0 Å². The first kappa shape index (κ1) is 15.7. The van der Waals surface area contributed by atoms with Crippen LogP contribution in [0, 0.1) is 0 Å². The minimum absolute atomic E-state index is 0.934. The topological polar surface area (TPSA) is 113 Å². The number of aliphatic carboxylic acids is 2. The molecule has 1 aromatic carbocycles. The number of carbonyl (C=O) groups is 2. The van der Waals surface area contributed by atoms with Crippen molar-refractivity contribution in [1.29, 1.82) is 0 Å². The summed E-state index contributed by atoms with van der Waals surface area (Å²) in [6.45, 7) is 2.12. The van der Waals surface area contributed by atoms with Crippen LogP contribution >= 0.6 is 0 Å². The van der Waals surface area contributed by atoms with Crippen LogP contribution in [0.25, 0.3) is 6.08 Å². The van der Waals surface area contributed by atoms with E-state index in [1.165, 1.54) is 5.56 Å². The van der Waals surface area contributed by atoms with Gasteiger partial charge in [-0.15, -0.1) is 0 Å². The third kappa shape index (κ3) is 7.02. The number of allylic oxidation sites excluding steroid dienone is 1. The standard InChI is InChI=1S/C10H14N2.C2H2O4/c1-2-3-4-9-5-7-10(12-11)8-6-9;3-1(4)2(5)6/h3-8,12H,2,11H2,1H3;(H,3,4)(H,5,6). The molecule has 0 aliphatic heterocycles. The molecule has 0 bridgehead atoms. The molecule has 0 atom stereocenters. The summed E-state index contributed by atoms with van der Waals surface area (Å²) in [5.41, 5.74) is 4.72. The van der Waals surface area contributed by atoms with Gasteiger partial charge in [0.25, 0.3) is 0 Å². The maximum Gasteiger partial charge on any atom is 0.414 e. The van der Waals surface area contributed by atoms with Gasteiger partial charge >= 0.3 is 11.9 Å². The van der Waals surface area contributed by atoms with E-state index in [1.807, 2.05) is 24.3 Å². The van der Waals surface area contributed by atoms with Gasteiger partial charge in [0, 0.05) is 5.69 Å². The molecule has 0 spiro atoms. The number of benzene rings is 1. The summed E-state index contributed by atoms with van der Waals surface area (Å²) in [6.07, 6.45) is 5.29. The molecule has 0 aliphatic rings. The minimum Gasteiger partial charge on any atom is -0.473 e. The van der Waals surface area contributed by atoms with Crippen LogP contribution < -0.4 is 11.3 Å². The first-order valence-corrected chi connectivity index (χ1v) is 5.20. The molecule has 0 fully saturated rings. The number of hydrazine groups is 1. The fourth-order valence-corrected chi connectivity index (χ4v) is 0.944. The first-order valence-electron chi connectivity index (χ1n) is 5.20. The average molecular weight is 252 g/mol. The SMILES string of the molecule is CCC=Cc1ccc(NN)cc1.O=C(O)C(=O)O. The predicted molar refractivity (Wildman–Crippen MR) is 68.8 cm³/mol. The molecule has 6 nitrogen and oxygen atoms in total. The van der Waals surface area contributed by atoms with Gasteiger partial charge in [-0.05, 0) is 24.1 Å². The summed E-state index contributed by atoms with van der Waals surface area (Å²) in [5.74, 6) is 1.58. The molecule has 0 radical (unpaired) electrons. The molecule has 0 aliphatic carbocycles. The van der Waals surface area contributed by atoms with Gasteiger partial charge in [0.05, 0.1) is 0 Å². The average Bonchev–Trinajstić information content (AvgIpc) is 2.37. The Labute approximate surface area is 105 Å². The second-order valence-corrected chi connectivity index (χ2v) is 3.19. The van der Waals surface area contributed by atoms with Crippen molar-refractivity contribution in [2.45, 2.75) is 13.3 Å². The number of nitrogen functional groups attached to an aromatic ring is 1. The first-order chi connectivity index (χ1) is 8.51. The number of hydrogen-bond donors (Lipinski definition) is 4. The maximum atomic E-state index is 9.10. The smallest absolute Gasteiger partial charge is 0.414 e. The Hall–Kier alpha value is -2.34. The lowest BCUT2D eigenvalue weighted by atomic mass is 10.2. The molecular formula is C12H16N2O4. The van der Waals surface area contributed by atoms with Gasteiger partial charge in [0.15, 0.2) is 0 Å². The van der Waals surface area contributed by atoms with E-state index in [0.29, 0.717) is 0 Å². The lowest BCUT2D eigenvalue weighted by Gasteiger charge is -1.98. The zero-order valence-electron chi connectivity index (χ0n) is 9.96. The zero-order valence-corrected chi connectivity index (χ0v) is 9.96. The number of hydrogen-bond acceptors (Lipinski definition) is 4. The van der Waals surface area contributed by atoms with Crippen molar-refractivity contribution >= 4 is 23.7 Å². The largest absolute Gasteiger partial charge is 0.473 e. The molecule has 0 saturated heterocycles. The highest BCUT2D eigenvalue weighted by atomic mass is 16.4. The molecule has 18 heavy (non-hydrogen) atoms. The number of carboxylic acids is 2. The van der Waals surface area contributed by atoms with Crippen LogP contribution in [-0.2, 0) is 9.59 Å². The Balaban J connectivity index is 0.000000411. The summed E-state index contributed by atoms with van der Waals surface area (Å²) in [4.78, 5) is 18.2. The maximum absolute atomic E-state index is 9.10. The Morgan fingerprint density at radius 1 is 1.22 bits per heavy atom. The molecule has 1 aromatic rings. The molecular weight excluding hydrogens is 236 g/mol. The monoisotopic (exact) mass is 252 g/mol. The molecule has 98 valence electrons. The van der Waals surface area contributed by atoms with Crippen LogP contribution in [0.4, 0.5) is 5.69 Å². The van der Waals surface area contributed by atoms with E-state index >= 15 is 0 Å². The number of nitrogens with two attached hydrogens (primary N) is 1. The van der Waals surface area contributed by atoms with Crippen LogP contribution in [0.3, 0.4) is 0 Å². The van der Waals surface area contributed by atoms with Crippen molar-refractivity contribution in [3.63, 3.8) is 0 Å². The number of nitrogens with one attached hydrogen (secondary N) is 1. The second-order valence-electron chi connectivity index (χ2n) is 3.19. The van der Waals surface area contributed by atoms with E-state index in [4.69, 9.17) is 25.6 Å². The molecule has 0 amide bonds. The molecule has 5 N–H and O–H groups in total. The summed E-state index contributed by atoms with van der Waals surface area (Å²) < 4.78 is 0. The highest BCUT2D eigenvalue weighted by Gasteiger charge is 2.04. The van der Waals surface area contributed by atoms with Crippen LogP contribution in [0.2, 0.25) is 0 Å². The van der Waals surface area contributed by atoms with Crippen molar-refractivity contribution in [2.75, 3.05) is 5.43 Å². The minimum atomic E-state index is -1.82. The van der Waals surface area contributed by atoms with Gasteiger partial charge in [-0.25, -0.2) is 9.59 Å². The van der Waals surface area contributed by atoms with Gasteiger partial charge in [-0.1, -0.05) is 31.2 Å². The Morgan fingerprint density at radius 2 is 1.72 bits per heavy atom. The van der Waals surface area contributed by atoms with Gasteiger partial charge < -0.3 is 15.6 Å². The number of rotatable bonds is 3. The van der Waals surface area contributed by atoms with Gasteiger partial charge in [0.2, 0.25) is 0 Å². The van der Waals surface area contributed by atoms with Crippen LogP contribution in [0.1, 0.15) is 18.9 Å². The lowest BCUT2D eigenvalue weighted by Crippen LogP contribution is -2.09. The van der Waals surface area contributed by atoms with E-state index in [2.05, 4.69) is 24.5 Å². The van der Waals surface area contributed by atoms with E-state index in [9.17, 15) is 0 Å². The number of carboxylic acid groups (broad SMARTS) is 2. The molecule has 1 rings (SSSR count). The molecule has 0 heterocycles.